The van der Waals surface area contributed by atoms with Gasteiger partial charge in [-0.25, -0.2) is 23.2 Å². The Bertz CT molecular complexity index is 1070. The molecule has 0 radical (unpaired) electrons. The molecule has 3 heterocycles. The first-order chi connectivity index (χ1) is 14.7. The lowest BCUT2D eigenvalue weighted by Crippen LogP contribution is -2.47. The van der Waals surface area contributed by atoms with E-state index in [4.69, 9.17) is 0 Å². The van der Waals surface area contributed by atoms with Crippen molar-refractivity contribution in [3.05, 3.63) is 53.3 Å². The molecule has 0 spiro atoms. The van der Waals surface area contributed by atoms with Crippen LogP contribution in [0.2, 0.25) is 0 Å². The molecule has 2 atom stereocenters. The van der Waals surface area contributed by atoms with Crippen molar-refractivity contribution in [3.8, 4) is 0 Å². The molecule has 2 aliphatic rings. The van der Waals surface area contributed by atoms with Crippen LogP contribution in [0.4, 0.5) is 10.7 Å². The van der Waals surface area contributed by atoms with Crippen LogP contribution in [0.3, 0.4) is 0 Å². The summed E-state index contributed by atoms with van der Waals surface area (Å²) in [7, 11) is -3.00. The zero-order valence-electron chi connectivity index (χ0n) is 17.6. The predicted octanol–water partition coefficient (Wildman–Crippen LogP) is 1.57. The Kier molecular flexibility index (Phi) is 5.61. The number of aromatic nitrogens is 2. The van der Waals surface area contributed by atoms with E-state index in [-0.39, 0.29) is 30.2 Å². The molecule has 2 amide bonds. The van der Waals surface area contributed by atoms with E-state index in [0.717, 1.165) is 16.8 Å². The van der Waals surface area contributed by atoms with Crippen LogP contribution in [0.25, 0.3) is 0 Å². The number of hydrogen-bond acceptors (Lipinski definition) is 7. The van der Waals surface area contributed by atoms with E-state index in [2.05, 4.69) is 20.6 Å². The molecule has 31 heavy (non-hydrogen) atoms. The van der Waals surface area contributed by atoms with Crippen LogP contribution in [-0.4, -0.2) is 58.6 Å². The molecule has 10 heteroatoms. The summed E-state index contributed by atoms with van der Waals surface area (Å²) < 4.78 is 23.4. The van der Waals surface area contributed by atoms with Gasteiger partial charge in [0.2, 0.25) is 5.95 Å². The maximum Gasteiger partial charge on any atom is 0.319 e. The van der Waals surface area contributed by atoms with Gasteiger partial charge in [0, 0.05) is 17.8 Å². The van der Waals surface area contributed by atoms with Crippen LogP contribution in [-0.2, 0) is 21.9 Å². The highest BCUT2D eigenvalue weighted by atomic mass is 32.2. The van der Waals surface area contributed by atoms with Crippen molar-refractivity contribution >= 4 is 21.8 Å². The van der Waals surface area contributed by atoms with Gasteiger partial charge in [-0.1, -0.05) is 30.3 Å². The third-order valence-corrected chi connectivity index (χ3v) is 7.77. The number of anilines is 1. The quantitative estimate of drug-likeness (QED) is 0.638. The van der Waals surface area contributed by atoms with Crippen LogP contribution in [0.5, 0.6) is 0 Å². The first-order valence-electron chi connectivity index (χ1n) is 10.3. The number of rotatable bonds is 5. The minimum absolute atomic E-state index is 0.0789. The second kappa shape index (κ2) is 8.08. The molecule has 2 aromatic rings. The number of aliphatic hydroxyl groups is 1. The zero-order valence-corrected chi connectivity index (χ0v) is 18.4. The number of fused-ring (bicyclic) bond motifs is 1. The van der Waals surface area contributed by atoms with Crippen molar-refractivity contribution in [1.82, 2.24) is 20.2 Å². The molecule has 166 valence electrons. The van der Waals surface area contributed by atoms with Gasteiger partial charge in [-0.05, 0) is 25.8 Å². The Morgan fingerprint density at radius 1 is 1.32 bits per heavy atom. The largest absolute Gasteiger partial charge is 0.394 e. The summed E-state index contributed by atoms with van der Waals surface area (Å²) in [6, 6.07) is 8.30. The SMILES string of the molecule is CC1(C)c2cnc(NC3CCS(=O)(=O)C3)nc2CN1C(=O)N[C@H](CO)c1ccccc1. The van der Waals surface area contributed by atoms with E-state index >= 15 is 0 Å². The number of amides is 2. The molecular weight excluding hydrogens is 418 g/mol. The summed E-state index contributed by atoms with van der Waals surface area (Å²) in [5.41, 5.74) is 1.75. The zero-order chi connectivity index (χ0) is 22.2. The van der Waals surface area contributed by atoms with Crippen LogP contribution >= 0.6 is 0 Å². The van der Waals surface area contributed by atoms with Crippen LogP contribution in [0.1, 0.15) is 43.1 Å². The van der Waals surface area contributed by atoms with Crippen molar-refractivity contribution < 1.29 is 18.3 Å². The summed E-state index contributed by atoms with van der Waals surface area (Å²) in [5, 5.41) is 15.8. The van der Waals surface area contributed by atoms with Crippen LogP contribution in [0.15, 0.2) is 36.5 Å². The number of carbonyl (C=O) groups excluding carboxylic acids is 1. The van der Waals surface area contributed by atoms with E-state index < -0.39 is 21.4 Å². The third-order valence-electron chi connectivity index (χ3n) is 6.00. The molecule has 1 aromatic carbocycles. The minimum Gasteiger partial charge on any atom is -0.394 e. The highest BCUT2D eigenvalue weighted by Crippen LogP contribution is 2.38. The Morgan fingerprint density at radius 2 is 2.06 bits per heavy atom. The van der Waals surface area contributed by atoms with E-state index in [1.165, 1.54) is 0 Å². The van der Waals surface area contributed by atoms with Gasteiger partial charge < -0.3 is 20.6 Å². The number of nitrogens with zero attached hydrogens (tertiary/aromatic N) is 3. The summed E-state index contributed by atoms with van der Waals surface area (Å²) in [6.07, 6.45) is 2.23. The summed E-state index contributed by atoms with van der Waals surface area (Å²) >= 11 is 0. The van der Waals surface area contributed by atoms with E-state index in [1.807, 2.05) is 44.2 Å². The number of nitrogens with one attached hydrogen (secondary N) is 2. The standard InChI is InChI=1S/C21H27N5O4S/c1-21(2)16-10-22-19(23-15-8-9-31(29,30)13-15)24-17(16)11-26(21)20(28)25-18(12-27)14-6-4-3-5-7-14/h3-7,10,15,18,27H,8-9,11-13H2,1-2H3,(H,25,28)(H,22,23,24)/t15?,18-/m1/s1. The van der Waals surface area contributed by atoms with Crippen molar-refractivity contribution in [2.75, 3.05) is 23.4 Å². The number of carbonyl (C=O) groups is 1. The van der Waals surface area contributed by atoms with Gasteiger partial charge in [-0.3, -0.25) is 0 Å². The van der Waals surface area contributed by atoms with Gasteiger partial charge in [0.1, 0.15) is 0 Å². The fourth-order valence-electron chi connectivity index (χ4n) is 4.17. The van der Waals surface area contributed by atoms with Gasteiger partial charge in [-0.2, -0.15) is 0 Å². The second-order valence-electron chi connectivity index (χ2n) is 8.54. The molecule has 2 aliphatic heterocycles. The van der Waals surface area contributed by atoms with Crippen molar-refractivity contribution in [2.45, 2.75) is 44.4 Å². The molecule has 1 fully saturated rings. The van der Waals surface area contributed by atoms with Crippen molar-refractivity contribution in [3.63, 3.8) is 0 Å². The number of hydrogen-bond donors (Lipinski definition) is 3. The first-order valence-corrected chi connectivity index (χ1v) is 12.1. The van der Waals surface area contributed by atoms with Gasteiger partial charge >= 0.3 is 6.03 Å². The predicted molar refractivity (Wildman–Crippen MR) is 116 cm³/mol. The molecule has 4 rings (SSSR count). The molecular formula is C21H27N5O4S. The Labute approximate surface area is 181 Å². The second-order valence-corrected chi connectivity index (χ2v) is 10.8. The average molecular weight is 446 g/mol. The number of benzene rings is 1. The van der Waals surface area contributed by atoms with E-state index in [1.54, 1.807) is 11.1 Å². The lowest BCUT2D eigenvalue weighted by Gasteiger charge is -2.33. The highest BCUT2D eigenvalue weighted by molar-refractivity contribution is 7.91. The molecule has 3 N–H and O–H groups in total. The summed E-state index contributed by atoms with van der Waals surface area (Å²) in [4.78, 5) is 23.7. The topological polar surface area (TPSA) is 125 Å². The van der Waals surface area contributed by atoms with Gasteiger partial charge in [0.05, 0.1) is 41.9 Å². The van der Waals surface area contributed by atoms with Crippen LogP contribution < -0.4 is 10.6 Å². The maximum atomic E-state index is 13.1. The first kappa shape index (κ1) is 21.5. The van der Waals surface area contributed by atoms with E-state index in [0.29, 0.717) is 18.9 Å². The highest BCUT2D eigenvalue weighted by Gasteiger charge is 2.42. The smallest absolute Gasteiger partial charge is 0.319 e. The fraction of sp³-hybridized carbons (Fsp3) is 0.476. The molecule has 9 nitrogen and oxygen atoms in total. The molecule has 0 aliphatic carbocycles. The van der Waals surface area contributed by atoms with Gasteiger partial charge in [0.15, 0.2) is 9.84 Å². The number of urea groups is 1. The lowest BCUT2D eigenvalue weighted by molar-refractivity contribution is 0.136. The third kappa shape index (κ3) is 4.35. The molecule has 0 saturated carbocycles. The Balaban J connectivity index is 1.49. The van der Waals surface area contributed by atoms with Crippen molar-refractivity contribution in [1.29, 1.82) is 0 Å². The summed E-state index contributed by atoms with van der Waals surface area (Å²) in [5.74, 6) is 0.621. The minimum atomic E-state index is -3.00. The normalized spacial score (nSPS) is 22.0. The summed E-state index contributed by atoms with van der Waals surface area (Å²) in [6.45, 7) is 3.93. The maximum absolute atomic E-state index is 13.1. The molecule has 1 unspecified atom stereocenters. The average Bonchev–Trinajstić information content (AvgIpc) is 3.21. The fourth-order valence-corrected chi connectivity index (χ4v) is 5.85. The van der Waals surface area contributed by atoms with Gasteiger partial charge in [0.25, 0.3) is 0 Å². The van der Waals surface area contributed by atoms with Crippen molar-refractivity contribution in [2.24, 2.45) is 0 Å². The number of sulfone groups is 1. The monoisotopic (exact) mass is 445 g/mol. The molecule has 0 bridgehead atoms. The van der Waals surface area contributed by atoms with E-state index in [9.17, 15) is 18.3 Å². The number of aliphatic hydroxyl groups excluding tert-OH is 1. The van der Waals surface area contributed by atoms with Gasteiger partial charge in [-0.15, -0.1) is 0 Å². The molecule has 1 aromatic heterocycles. The molecule has 1 saturated heterocycles. The Morgan fingerprint density at radius 3 is 2.71 bits per heavy atom. The lowest BCUT2D eigenvalue weighted by atomic mass is 9.97. The Hall–Kier alpha value is -2.72. The van der Waals surface area contributed by atoms with Crippen LogP contribution in [0, 0.1) is 0 Å².